The average molecular weight is 455 g/mol. The fourth-order valence-corrected chi connectivity index (χ4v) is 5.32. The van der Waals surface area contributed by atoms with E-state index in [-0.39, 0.29) is 17.6 Å². The SMILES string of the molecule is Cc1cccc(NC(=O)C2CCN(S(=O)(=O)Cc3ccc(Cl)c(Cl)c3)CC2)c1C. The monoisotopic (exact) mass is 454 g/mol. The van der Waals surface area contributed by atoms with Gasteiger partial charge in [-0.05, 0) is 61.6 Å². The van der Waals surface area contributed by atoms with E-state index in [0.29, 0.717) is 41.5 Å². The van der Waals surface area contributed by atoms with Gasteiger partial charge in [0.05, 0.1) is 15.8 Å². The highest BCUT2D eigenvalue weighted by atomic mass is 35.5. The summed E-state index contributed by atoms with van der Waals surface area (Å²) in [5, 5.41) is 3.72. The van der Waals surface area contributed by atoms with Crippen molar-refractivity contribution in [2.75, 3.05) is 18.4 Å². The van der Waals surface area contributed by atoms with Crippen LogP contribution < -0.4 is 5.32 Å². The predicted molar refractivity (Wildman–Crippen MR) is 118 cm³/mol. The molecule has 1 saturated heterocycles. The molecule has 0 unspecified atom stereocenters. The molecule has 0 saturated carbocycles. The van der Waals surface area contributed by atoms with E-state index in [2.05, 4.69) is 5.32 Å². The van der Waals surface area contributed by atoms with Gasteiger partial charge >= 0.3 is 0 Å². The second kappa shape index (κ2) is 9.04. The number of hydrogen-bond donors (Lipinski definition) is 1. The van der Waals surface area contributed by atoms with Gasteiger partial charge < -0.3 is 5.32 Å². The Balaban J connectivity index is 1.59. The lowest BCUT2D eigenvalue weighted by molar-refractivity contribution is -0.120. The van der Waals surface area contributed by atoms with Gasteiger partial charge in [0, 0.05) is 24.7 Å². The molecule has 0 bridgehead atoms. The largest absolute Gasteiger partial charge is 0.326 e. The number of piperidine rings is 1. The van der Waals surface area contributed by atoms with E-state index < -0.39 is 10.0 Å². The summed E-state index contributed by atoms with van der Waals surface area (Å²) in [5.41, 5.74) is 3.56. The fourth-order valence-electron chi connectivity index (χ4n) is 3.45. The number of anilines is 1. The van der Waals surface area contributed by atoms with Crippen molar-refractivity contribution < 1.29 is 13.2 Å². The molecule has 5 nitrogen and oxygen atoms in total. The third-order valence-electron chi connectivity index (χ3n) is 5.41. The van der Waals surface area contributed by atoms with E-state index in [4.69, 9.17) is 23.2 Å². The molecule has 1 amide bonds. The second-order valence-corrected chi connectivity index (χ2v) is 10.2. The molecule has 0 spiro atoms. The Morgan fingerprint density at radius 3 is 2.45 bits per heavy atom. The number of hydrogen-bond acceptors (Lipinski definition) is 3. The molecule has 0 radical (unpaired) electrons. The van der Waals surface area contributed by atoms with Gasteiger partial charge in [-0.3, -0.25) is 4.79 Å². The normalized spacial score (nSPS) is 16.0. The van der Waals surface area contributed by atoms with Crippen LogP contribution >= 0.6 is 23.2 Å². The van der Waals surface area contributed by atoms with Crippen LogP contribution in [-0.2, 0) is 20.6 Å². The van der Waals surface area contributed by atoms with E-state index in [9.17, 15) is 13.2 Å². The highest BCUT2D eigenvalue weighted by Gasteiger charge is 2.31. The Labute approximate surface area is 182 Å². The molecule has 0 atom stereocenters. The number of halogens is 2. The van der Waals surface area contributed by atoms with Crippen molar-refractivity contribution in [2.24, 2.45) is 5.92 Å². The molecule has 1 N–H and O–H groups in total. The van der Waals surface area contributed by atoms with Crippen molar-refractivity contribution in [1.82, 2.24) is 4.31 Å². The number of carbonyl (C=O) groups excluding carboxylic acids is 1. The molecule has 1 aliphatic heterocycles. The van der Waals surface area contributed by atoms with Crippen LogP contribution in [0.25, 0.3) is 0 Å². The van der Waals surface area contributed by atoms with E-state index in [1.54, 1.807) is 18.2 Å². The molecule has 1 aliphatic rings. The minimum atomic E-state index is -3.49. The van der Waals surface area contributed by atoms with E-state index in [0.717, 1.165) is 16.8 Å². The zero-order chi connectivity index (χ0) is 21.2. The number of rotatable bonds is 5. The molecular weight excluding hydrogens is 431 g/mol. The Morgan fingerprint density at radius 1 is 1.10 bits per heavy atom. The van der Waals surface area contributed by atoms with Crippen LogP contribution in [0.4, 0.5) is 5.69 Å². The molecule has 2 aromatic rings. The number of nitrogens with one attached hydrogen (secondary N) is 1. The molecule has 1 fully saturated rings. The summed E-state index contributed by atoms with van der Waals surface area (Å²) in [7, 11) is -3.49. The molecule has 2 aromatic carbocycles. The Morgan fingerprint density at radius 2 is 1.79 bits per heavy atom. The molecule has 29 heavy (non-hydrogen) atoms. The number of nitrogens with zero attached hydrogens (tertiary/aromatic N) is 1. The Hall–Kier alpha value is -1.60. The topological polar surface area (TPSA) is 66.5 Å². The zero-order valence-corrected chi connectivity index (χ0v) is 18.7. The maximum atomic E-state index is 12.8. The van der Waals surface area contributed by atoms with E-state index >= 15 is 0 Å². The minimum absolute atomic E-state index is 0.0553. The summed E-state index contributed by atoms with van der Waals surface area (Å²) in [6, 6.07) is 10.6. The highest BCUT2D eigenvalue weighted by molar-refractivity contribution is 7.88. The lowest BCUT2D eigenvalue weighted by atomic mass is 9.97. The summed E-state index contributed by atoms with van der Waals surface area (Å²) in [4.78, 5) is 12.6. The highest BCUT2D eigenvalue weighted by Crippen LogP contribution is 2.27. The summed E-state index contributed by atoms with van der Waals surface area (Å²) < 4.78 is 27.0. The molecule has 0 aromatic heterocycles. The first-order chi connectivity index (χ1) is 13.7. The first kappa shape index (κ1) is 22.1. The van der Waals surface area contributed by atoms with Crippen molar-refractivity contribution in [3.8, 4) is 0 Å². The van der Waals surface area contributed by atoms with Crippen molar-refractivity contribution in [1.29, 1.82) is 0 Å². The number of carbonyl (C=O) groups is 1. The van der Waals surface area contributed by atoms with Crippen molar-refractivity contribution in [3.63, 3.8) is 0 Å². The Bertz CT molecular complexity index is 1020. The fraction of sp³-hybridized carbons (Fsp3) is 0.381. The third-order valence-corrected chi connectivity index (χ3v) is 8.00. The molecule has 156 valence electrons. The van der Waals surface area contributed by atoms with Gasteiger partial charge in [0.15, 0.2) is 0 Å². The van der Waals surface area contributed by atoms with Gasteiger partial charge in [-0.15, -0.1) is 0 Å². The third kappa shape index (κ3) is 5.31. The first-order valence-electron chi connectivity index (χ1n) is 9.46. The summed E-state index contributed by atoms with van der Waals surface area (Å²) in [6.07, 6.45) is 0.995. The van der Waals surface area contributed by atoms with Crippen LogP contribution in [0, 0.1) is 19.8 Å². The van der Waals surface area contributed by atoms with Crippen molar-refractivity contribution in [3.05, 3.63) is 63.1 Å². The van der Waals surface area contributed by atoms with Crippen molar-refractivity contribution >= 4 is 44.8 Å². The molecule has 0 aliphatic carbocycles. The minimum Gasteiger partial charge on any atom is -0.326 e. The molecule has 3 rings (SSSR count). The van der Waals surface area contributed by atoms with Crippen LogP contribution in [0.15, 0.2) is 36.4 Å². The van der Waals surface area contributed by atoms with E-state index in [1.165, 1.54) is 4.31 Å². The summed E-state index contributed by atoms with van der Waals surface area (Å²) in [6.45, 7) is 4.63. The smallest absolute Gasteiger partial charge is 0.227 e. The lowest BCUT2D eigenvalue weighted by Crippen LogP contribution is -2.41. The number of aryl methyl sites for hydroxylation is 1. The molecule has 8 heteroatoms. The number of benzene rings is 2. The summed E-state index contributed by atoms with van der Waals surface area (Å²) >= 11 is 11.9. The molecule has 1 heterocycles. The maximum absolute atomic E-state index is 12.8. The van der Waals surface area contributed by atoms with Crippen LogP contribution in [0.2, 0.25) is 10.0 Å². The van der Waals surface area contributed by atoms with Crippen LogP contribution in [0.5, 0.6) is 0 Å². The lowest BCUT2D eigenvalue weighted by Gasteiger charge is -2.30. The van der Waals surface area contributed by atoms with Gasteiger partial charge in [-0.2, -0.15) is 0 Å². The van der Waals surface area contributed by atoms with Crippen LogP contribution in [-0.4, -0.2) is 31.7 Å². The van der Waals surface area contributed by atoms with Gasteiger partial charge in [0.25, 0.3) is 0 Å². The standard InChI is InChI=1S/C21H24Cl2N2O3S/c1-14-4-3-5-20(15(14)2)24-21(26)17-8-10-25(11-9-17)29(27,28)13-16-6-7-18(22)19(23)12-16/h3-7,12,17H,8-11,13H2,1-2H3,(H,24,26). The second-order valence-electron chi connectivity index (χ2n) is 7.41. The van der Waals surface area contributed by atoms with Gasteiger partial charge in [-0.25, -0.2) is 12.7 Å². The van der Waals surface area contributed by atoms with Crippen LogP contribution in [0.3, 0.4) is 0 Å². The zero-order valence-electron chi connectivity index (χ0n) is 16.4. The Kier molecular flexibility index (Phi) is 6.89. The number of amides is 1. The van der Waals surface area contributed by atoms with Gasteiger partial charge in [-0.1, -0.05) is 41.4 Å². The van der Waals surface area contributed by atoms with Crippen molar-refractivity contribution in [2.45, 2.75) is 32.4 Å². The quantitative estimate of drug-likeness (QED) is 0.705. The number of sulfonamides is 1. The summed E-state index contributed by atoms with van der Waals surface area (Å²) in [5.74, 6) is -0.393. The van der Waals surface area contributed by atoms with Gasteiger partial charge in [0.1, 0.15) is 0 Å². The maximum Gasteiger partial charge on any atom is 0.227 e. The predicted octanol–water partition coefficient (Wildman–Crippen LogP) is 4.79. The van der Waals surface area contributed by atoms with Crippen LogP contribution in [0.1, 0.15) is 29.5 Å². The van der Waals surface area contributed by atoms with E-state index in [1.807, 2.05) is 32.0 Å². The first-order valence-corrected chi connectivity index (χ1v) is 11.8. The average Bonchev–Trinajstić information content (AvgIpc) is 2.68. The molecular formula is C21H24Cl2N2O3S. The van der Waals surface area contributed by atoms with Gasteiger partial charge in [0.2, 0.25) is 15.9 Å².